The molecule has 1 aromatic carbocycles. The second-order valence-electron chi connectivity index (χ2n) is 8.10. The van der Waals surface area contributed by atoms with Gasteiger partial charge < -0.3 is 9.80 Å². The number of hydrogen-bond donors (Lipinski definition) is 1. The van der Waals surface area contributed by atoms with Gasteiger partial charge >= 0.3 is 0 Å². The van der Waals surface area contributed by atoms with Crippen LogP contribution < -0.4 is 15.2 Å². The van der Waals surface area contributed by atoms with Gasteiger partial charge in [-0.3, -0.25) is 0 Å². The van der Waals surface area contributed by atoms with Gasteiger partial charge in [0.15, 0.2) is 0 Å². The van der Waals surface area contributed by atoms with Crippen LogP contribution in [0, 0.1) is 0 Å². The van der Waals surface area contributed by atoms with E-state index in [2.05, 4.69) is 30.3 Å². The summed E-state index contributed by atoms with van der Waals surface area (Å²) in [5, 5.41) is 5.46. The van der Waals surface area contributed by atoms with Gasteiger partial charge in [0, 0.05) is 36.8 Å². The number of aromatic nitrogens is 3. The molecular formula is C22H29Cl2N7. The highest BCUT2D eigenvalue weighted by molar-refractivity contribution is 6.36. The molecule has 9 heteroatoms. The van der Waals surface area contributed by atoms with E-state index >= 15 is 0 Å². The lowest BCUT2D eigenvalue weighted by Crippen LogP contribution is -2.30. The van der Waals surface area contributed by atoms with Crippen molar-refractivity contribution < 1.29 is 0 Å². The SMILES string of the molecule is Clc1ccc(/C=N\Nc2nc(N3CCCCCC3)nc(N3CCCCCC3)n2)c(Cl)c1. The minimum Gasteiger partial charge on any atom is -0.341 e. The molecule has 2 fully saturated rings. The maximum atomic E-state index is 6.24. The third-order valence-electron chi connectivity index (χ3n) is 5.72. The Balaban J connectivity index is 1.57. The number of nitrogens with zero attached hydrogens (tertiary/aromatic N) is 6. The van der Waals surface area contributed by atoms with Gasteiger partial charge in [0.05, 0.1) is 11.2 Å². The van der Waals surface area contributed by atoms with Crippen LogP contribution in [-0.2, 0) is 0 Å². The van der Waals surface area contributed by atoms with Crippen LogP contribution >= 0.6 is 23.2 Å². The smallest absolute Gasteiger partial charge is 0.250 e. The molecule has 0 amide bonds. The molecule has 2 aromatic rings. The second-order valence-corrected chi connectivity index (χ2v) is 8.94. The first-order valence-corrected chi connectivity index (χ1v) is 11.9. The Kier molecular flexibility index (Phi) is 7.81. The van der Waals surface area contributed by atoms with E-state index in [1.807, 2.05) is 6.07 Å². The Labute approximate surface area is 193 Å². The Morgan fingerprint density at radius 1 is 0.774 bits per heavy atom. The zero-order valence-electron chi connectivity index (χ0n) is 17.7. The first-order valence-electron chi connectivity index (χ1n) is 11.2. The predicted octanol–water partition coefficient (Wildman–Crippen LogP) is 5.39. The van der Waals surface area contributed by atoms with Crippen LogP contribution in [0.4, 0.5) is 17.8 Å². The summed E-state index contributed by atoms with van der Waals surface area (Å²) in [6.45, 7) is 3.91. The molecule has 2 saturated heterocycles. The summed E-state index contributed by atoms with van der Waals surface area (Å²) < 4.78 is 0. The summed E-state index contributed by atoms with van der Waals surface area (Å²) in [6.07, 6.45) is 11.4. The predicted molar refractivity (Wildman–Crippen MR) is 129 cm³/mol. The molecule has 0 atom stereocenters. The van der Waals surface area contributed by atoms with Gasteiger partial charge in [-0.05, 0) is 37.8 Å². The summed E-state index contributed by atoms with van der Waals surface area (Å²) >= 11 is 12.2. The van der Waals surface area contributed by atoms with Crippen molar-refractivity contribution in [2.24, 2.45) is 5.10 Å². The molecule has 7 nitrogen and oxygen atoms in total. The zero-order chi connectivity index (χ0) is 21.5. The molecular weight excluding hydrogens is 433 g/mol. The summed E-state index contributed by atoms with van der Waals surface area (Å²) in [5.41, 5.74) is 3.76. The first-order chi connectivity index (χ1) is 15.2. The fourth-order valence-electron chi connectivity index (χ4n) is 3.99. The van der Waals surface area contributed by atoms with Gasteiger partial charge in [0.25, 0.3) is 0 Å². The average molecular weight is 462 g/mol. The standard InChI is InChI=1S/C22H29Cl2N7/c23-18-10-9-17(19(24)15-18)16-25-29-20-26-21(30-11-5-1-2-6-12-30)28-22(27-20)31-13-7-3-4-8-14-31/h9-10,15-16H,1-8,11-14H2,(H,26,27,28,29)/b25-16-. The lowest BCUT2D eigenvalue weighted by molar-refractivity contribution is 0.726. The molecule has 0 aliphatic carbocycles. The van der Waals surface area contributed by atoms with Crippen molar-refractivity contribution in [2.45, 2.75) is 51.4 Å². The van der Waals surface area contributed by atoms with Crippen molar-refractivity contribution in [2.75, 3.05) is 41.4 Å². The van der Waals surface area contributed by atoms with E-state index in [9.17, 15) is 0 Å². The quantitative estimate of drug-likeness (QED) is 0.475. The summed E-state index contributed by atoms with van der Waals surface area (Å²) in [6, 6.07) is 5.31. The van der Waals surface area contributed by atoms with Gasteiger partial charge in [0.2, 0.25) is 17.8 Å². The Morgan fingerprint density at radius 3 is 1.84 bits per heavy atom. The highest BCUT2D eigenvalue weighted by atomic mass is 35.5. The van der Waals surface area contributed by atoms with Gasteiger partial charge in [0.1, 0.15) is 0 Å². The van der Waals surface area contributed by atoms with Crippen molar-refractivity contribution in [1.29, 1.82) is 0 Å². The Bertz CT molecular complexity index is 851. The number of halogens is 2. The van der Waals surface area contributed by atoms with Crippen LogP contribution in [0.25, 0.3) is 0 Å². The fraction of sp³-hybridized carbons (Fsp3) is 0.545. The molecule has 0 radical (unpaired) electrons. The van der Waals surface area contributed by atoms with Crippen molar-refractivity contribution in [3.63, 3.8) is 0 Å². The molecule has 0 unspecified atom stereocenters. The van der Waals surface area contributed by atoms with Crippen molar-refractivity contribution in [3.05, 3.63) is 33.8 Å². The van der Waals surface area contributed by atoms with E-state index in [4.69, 9.17) is 28.2 Å². The van der Waals surface area contributed by atoms with E-state index in [-0.39, 0.29) is 0 Å². The highest BCUT2D eigenvalue weighted by Crippen LogP contribution is 2.23. The normalized spacial score (nSPS) is 18.1. The van der Waals surface area contributed by atoms with Crippen molar-refractivity contribution in [3.8, 4) is 0 Å². The van der Waals surface area contributed by atoms with E-state index < -0.39 is 0 Å². The third kappa shape index (κ3) is 6.20. The second kappa shape index (κ2) is 11.0. The fourth-order valence-corrected chi connectivity index (χ4v) is 4.45. The molecule has 31 heavy (non-hydrogen) atoms. The third-order valence-corrected chi connectivity index (χ3v) is 6.28. The van der Waals surface area contributed by atoms with Crippen LogP contribution in [0.1, 0.15) is 56.9 Å². The lowest BCUT2D eigenvalue weighted by Gasteiger charge is -2.24. The first kappa shape index (κ1) is 22.1. The molecule has 0 bridgehead atoms. The largest absolute Gasteiger partial charge is 0.341 e. The van der Waals surface area contributed by atoms with E-state index in [0.717, 1.165) is 43.6 Å². The summed E-state index contributed by atoms with van der Waals surface area (Å²) in [4.78, 5) is 18.8. The van der Waals surface area contributed by atoms with Crippen molar-refractivity contribution >= 4 is 47.3 Å². The molecule has 2 aliphatic rings. The van der Waals surface area contributed by atoms with Crippen LogP contribution in [0.5, 0.6) is 0 Å². The highest BCUT2D eigenvalue weighted by Gasteiger charge is 2.19. The van der Waals surface area contributed by atoms with Gasteiger partial charge in [-0.15, -0.1) is 0 Å². The summed E-state index contributed by atoms with van der Waals surface area (Å²) in [5.74, 6) is 1.92. The molecule has 0 saturated carbocycles. The van der Waals surface area contributed by atoms with Crippen molar-refractivity contribution in [1.82, 2.24) is 15.0 Å². The molecule has 1 N–H and O–H groups in total. The number of rotatable bonds is 5. The Hall–Kier alpha value is -2.12. The topological polar surface area (TPSA) is 69.5 Å². The molecule has 2 aliphatic heterocycles. The summed E-state index contributed by atoms with van der Waals surface area (Å²) in [7, 11) is 0. The monoisotopic (exact) mass is 461 g/mol. The Morgan fingerprint density at radius 2 is 1.32 bits per heavy atom. The number of benzene rings is 1. The van der Waals surface area contributed by atoms with E-state index in [0.29, 0.717) is 16.0 Å². The van der Waals surface area contributed by atoms with Crippen LogP contribution in [0.3, 0.4) is 0 Å². The number of anilines is 3. The maximum absolute atomic E-state index is 6.24. The average Bonchev–Trinajstić information content (AvgIpc) is 3.21. The van der Waals surface area contributed by atoms with Gasteiger partial charge in [-0.1, -0.05) is 55.0 Å². The molecule has 4 rings (SSSR count). The van der Waals surface area contributed by atoms with Crippen LogP contribution in [0.2, 0.25) is 10.0 Å². The van der Waals surface area contributed by atoms with Crippen LogP contribution in [0.15, 0.2) is 23.3 Å². The number of hydrazone groups is 1. The minimum atomic E-state index is 0.454. The minimum absolute atomic E-state index is 0.454. The molecule has 0 spiro atoms. The number of hydrogen-bond acceptors (Lipinski definition) is 7. The van der Waals surface area contributed by atoms with Crippen LogP contribution in [-0.4, -0.2) is 47.3 Å². The lowest BCUT2D eigenvalue weighted by atomic mass is 10.2. The zero-order valence-corrected chi connectivity index (χ0v) is 19.2. The van der Waals surface area contributed by atoms with Gasteiger partial charge in [-0.2, -0.15) is 20.1 Å². The van der Waals surface area contributed by atoms with E-state index in [1.165, 1.54) is 51.4 Å². The maximum Gasteiger partial charge on any atom is 0.250 e. The molecule has 166 valence electrons. The number of nitrogens with one attached hydrogen (secondary N) is 1. The van der Waals surface area contributed by atoms with Gasteiger partial charge in [-0.25, -0.2) is 5.43 Å². The molecule has 3 heterocycles. The molecule has 1 aromatic heterocycles. The van der Waals surface area contributed by atoms with E-state index in [1.54, 1.807) is 18.3 Å².